The molecular weight excluding hydrogens is 387 g/mol. The number of carbonyl (C=O) groups excluding carboxylic acids is 2. The fraction of sp³-hybridized carbons (Fsp3) is 0.0588. The number of nitrogens with zero attached hydrogens (tertiary/aromatic N) is 1. The van der Waals surface area contributed by atoms with Crippen LogP contribution in [0.25, 0.3) is 0 Å². The van der Waals surface area contributed by atoms with E-state index in [4.69, 9.17) is 39.5 Å². The second-order valence-electron chi connectivity index (χ2n) is 5.09. The van der Waals surface area contributed by atoms with Crippen molar-refractivity contribution in [3.63, 3.8) is 0 Å². The number of nitrogens with one attached hydrogen (secondary N) is 1. The smallest absolute Gasteiger partial charge is 0.283 e. The minimum atomic E-state index is -0.638. The van der Waals surface area contributed by atoms with Gasteiger partial charge < -0.3 is 10.1 Å². The molecule has 2 aromatic rings. The number of halogens is 3. The molecule has 0 bridgehead atoms. The Morgan fingerprint density at radius 2 is 1.60 bits per heavy atom. The molecule has 8 heteroatoms. The van der Waals surface area contributed by atoms with Crippen molar-refractivity contribution < 1.29 is 14.3 Å². The number of imide groups is 1. The van der Waals surface area contributed by atoms with Crippen LogP contribution in [0.4, 0.5) is 11.4 Å². The van der Waals surface area contributed by atoms with E-state index in [1.54, 1.807) is 31.4 Å². The Hall–Kier alpha value is -2.21. The molecule has 3 rings (SSSR count). The number of ether oxygens (including phenoxy) is 1. The molecule has 1 aliphatic heterocycles. The third-order valence-electron chi connectivity index (χ3n) is 3.55. The number of methoxy groups -OCH3 is 1. The minimum absolute atomic E-state index is 0.0112. The first-order chi connectivity index (χ1) is 11.9. The quantitative estimate of drug-likeness (QED) is 0.775. The van der Waals surface area contributed by atoms with Crippen LogP contribution < -0.4 is 15.0 Å². The van der Waals surface area contributed by atoms with Crippen LogP contribution in [0.15, 0.2) is 53.2 Å². The molecule has 2 aromatic carbocycles. The number of benzene rings is 2. The Morgan fingerprint density at radius 3 is 2.20 bits per heavy atom. The van der Waals surface area contributed by atoms with Gasteiger partial charge in [0, 0.05) is 5.69 Å². The molecule has 1 N–H and O–H groups in total. The van der Waals surface area contributed by atoms with Crippen LogP contribution >= 0.6 is 34.8 Å². The molecule has 0 saturated carbocycles. The van der Waals surface area contributed by atoms with Crippen LogP contribution in [-0.4, -0.2) is 18.9 Å². The summed E-state index contributed by atoms with van der Waals surface area (Å²) in [7, 11) is 1.55. The van der Waals surface area contributed by atoms with Crippen LogP contribution in [-0.2, 0) is 9.59 Å². The lowest BCUT2D eigenvalue weighted by molar-refractivity contribution is -0.120. The van der Waals surface area contributed by atoms with Crippen molar-refractivity contribution >= 4 is 58.0 Å². The Bertz CT molecular complexity index is 895. The second-order valence-corrected chi connectivity index (χ2v) is 6.28. The highest BCUT2D eigenvalue weighted by Gasteiger charge is 2.39. The van der Waals surface area contributed by atoms with E-state index in [1.165, 1.54) is 18.2 Å². The summed E-state index contributed by atoms with van der Waals surface area (Å²) in [6, 6.07) is 11.3. The van der Waals surface area contributed by atoms with Crippen LogP contribution in [0.1, 0.15) is 0 Å². The maximum absolute atomic E-state index is 12.6. The monoisotopic (exact) mass is 396 g/mol. The van der Waals surface area contributed by atoms with Crippen molar-refractivity contribution in [2.75, 3.05) is 17.3 Å². The lowest BCUT2D eigenvalue weighted by Gasteiger charge is -2.15. The van der Waals surface area contributed by atoms with Crippen LogP contribution in [0, 0.1) is 0 Å². The van der Waals surface area contributed by atoms with Crippen LogP contribution in [0.3, 0.4) is 0 Å². The molecule has 1 aliphatic rings. The summed E-state index contributed by atoms with van der Waals surface area (Å²) in [5.74, 6) is -0.554. The van der Waals surface area contributed by atoms with E-state index < -0.39 is 11.8 Å². The number of rotatable bonds is 4. The highest BCUT2D eigenvalue weighted by molar-refractivity contribution is 6.53. The zero-order valence-electron chi connectivity index (χ0n) is 12.8. The number of anilines is 2. The molecule has 1 heterocycles. The third kappa shape index (κ3) is 3.31. The van der Waals surface area contributed by atoms with Gasteiger partial charge in [0.05, 0.1) is 22.8 Å². The van der Waals surface area contributed by atoms with Gasteiger partial charge in [-0.25, -0.2) is 4.90 Å². The maximum Gasteiger partial charge on any atom is 0.283 e. The topological polar surface area (TPSA) is 58.6 Å². The summed E-state index contributed by atoms with van der Waals surface area (Å²) in [5, 5.41) is 3.22. The summed E-state index contributed by atoms with van der Waals surface area (Å²) in [4.78, 5) is 26.0. The Morgan fingerprint density at radius 1 is 0.920 bits per heavy atom. The fourth-order valence-electron chi connectivity index (χ4n) is 2.29. The third-order valence-corrected chi connectivity index (χ3v) is 4.64. The molecule has 0 radical (unpaired) electrons. The summed E-state index contributed by atoms with van der Waals surface area (Å²) >= 11 is 17.9. The standard InChI is InChI=1S/C17H11Cl3N2O3/c1-25-11-5-2-9(3-6-11)21-15-14(20)16(23)22(17(15)24)10-4-7-12(18)13(19)8-10/h2-8,21H,1H3. The lowest BCUT2D eigenvalue weighted by Crippen LogP contribution is -2.32. The molecule has 0 saturated heterocycles. The first kappa shape index (κ1) is 17.6. The molecule has 0 spiro atoms. The van der Waals surface area contributed by atoms with Gasteiger partial charge in [-0.3, -0.25) is 9.59 Å². The van der Waals surface area contributed by atoms with Crippen molar-refractivity contribution in [3.8, 4) is 5.75 Å². The van der Waals surface area contributed by atoms with Crippen molar-refractivity contribution in [2.24, 2.45) is 0 Å². The van der Waals surface area contributed by atoms with E-state index >= 15 is 0 Å². The van der Waals surface area contributed by atoms with Gasteiger partial charge in [-0.2, -0.15) is 0 Å². The van der Waals surface area contributed by atoms with Crippen molar-refractivity contribution in [3.05, 3.63) is 63.2 Å². The Balaban J connectivity index is 1.89. The molecule has 25 heavy (non-hydrogen) atoms. The zero-order chi connectivity index (χ0) is 18.1. The predicted molar refractivity (Wildman–Crippen MR) is 98.5 cm³/mol. The minimum Gasteiger partial charge on any atom is -0.497 e. The highest BCUT2D eigenvalue weighted by atomic mass is 35.5. The first-order valence-electron chi connectivity index (χ1n) is 7.07. The molecule has 0 fully saturated rings. The van der Waals surface area contributed by atoms with Gasteiger partial charge in [-0.1, -0.05) is 34.8 Å². The lowest BCUT2D eigenvalue weighted by atomic mass is 10.2. The largest absolute Gasteiger partial charge is 0.497 e. The summed E-state index contributed by atoms with van der Waals surface area (Å²) in [5.41, 5.74) is 0.864. The van der Waals surface area contributed by atoms with Crippen molar-refractivity contribution in [2.45, 2.75) is 0 Å². The van der Waals surface area contributed by atoms with E-state index in [-0.39, 0.29) is 21.4 Å². The summed E-state index contributed by atoms with van der Waals surface area (Å²) < 4.78 is 5.08. The molecule has 128 valence electrons. The van der Waals surface area contributed by atoms with E-state index in [0.29, 0.717) is 16.5 Å². The fourth-order valence-corrected chi connectivity index (χ4v) is 2.79. The number of amides is 2. The van der Waals surface area contributed by atoms with Gasteiger partial charge in [0.2, 0.25) is 0 Å². The Kier molecular flexibility index (Phi) is 4.90. The molecule has 5 nitrogen and oxygen atoms in total. The average molecular weight is 398 g/mol. The molecule has 2 amide bonds. The Labute approximate surface area is 158 Å². The molecule has 0 atom stereocenters. The molecule has 0 aromatic heterocycles. The summed E-state index contributed by atoms with van der Waals surface area (Å²) in [6.07, 6.45) is 0. The van der Waals surface area contributed by atoms with E-state index in [1.807, 2.05) is 0 Å². The second kappa shape index (κ2) is 6.96. The zero-order valence-corrected chi connectivity index (χ0v) is 15.1. The van der Waals surface area contributed by atoms with E-state index in [2.05, 4.69) is 5.32 Å². The van der Waals surface area contributed by atoms with Crippen LogP contribution in [0.2, 0.25) is 10.0 Å². The van der Waals surface area contributed by atoms with Gasteiger partial charge in [0.1, 0.15) is 16.5 Å². The van der Waals surface area contributed by atoms with Gasteiger partial charge in [0.15, 0.2) is 0 Å². The van der Waals surface area contributed by atoms with Gasteiger partial charge in [-0.05, 0) is 42.5 Å². The van der Waals surface area contributed by atoms with E-state index in [9.17, 15) is 9.59 Å². The molecular formula is C17H11Cl3N2O3. The highest BCUT2D eigenvalue weighted by Crippen LogP contribution is 2.33. The van der Waals surface area contributed by atoms with Gasteiger partial charge in [0.25, 0.3) is 11.8 Å². The number of hydrogen-bond donors (Lipinski definition) is 1. The number of hydrogen-bond acceptors (Lipinski definition) is 4. The SMILES string of the molecule is COc1ccc(NC2=C(Cl)C(=O)N(c3ccc(Cl)c(Cl)c3)C2=O)cc1. The van der Waals surface area contributed by atoms with Crippen molar-refractivity contribution in [1.29, 1.82) is 0 Å². The predicted octanol–water partition coefficient (Wildman–Crippen LogP) is 4.44. The molecule has 0 unspecified atom stereocenters. The number of carbonyl (C=O) groups is 2. The van der Waals surface area contributed by atoms with Crippen LogP contribution in [0.5, 0.6) is 5.75 Å². The summed E-state index contributed by atoms with van der Waals surface area (Å²) in [6.45, 7) is 0. The molecule has 0 aliphatic carbocycles. The van der Waals surface area contributed by atoms with E-state index in [0.717, 1.165) is 4.90 Å². The normalized spacial score (nSPS) is 14.3. The maximum atomic E-state index is 12.6. The average Bonchev–Trinajstić information content (AvgIpc) is 2.82. The first-order valence-corrected chi connectivity index (χ1v) is 8.20. The van der Waals surface area contributed by atoms with Crippen molar-refractivity contribution in [1.82, 2.24) is 0 Å². The van der Waals surface area contributed by atoms with Gasteiger partial charge >= 0.3 is 0 Å². The van der Waals surface area contributed by atoms with Gasteiger partial charge in [-0.15, -0.1) is 0 Å².